The number of carbonyl (C=O) groups excluding carboxylic acids is 1. The average molecular weight is 360 g/mol. The highest BCUT2D eigenvalue weighted by atomic mass is 16.6. The summed E-state index contributed by atoms with van der Waals surface area (Å²) in [6.07, 6.45) is 2.17. The first kappa shape index (κ1) is 17.9. The molecule has 0 spiro atoms. The first-order valence-electron chi connectivity index (χ1n) is 8.34. The fourth-order valence-electron chi connectivity index (χ4n) is 3.03. The van der Waals surface area contributed by atoms with Crippen LogP contribution in [0.2, 0.25) is 0 Å². The molecule has 1 aromatic heterocycles. The lowest BCUT2D eigenvalue weighted by atomic mass is 9.95. The second-order valence-corrected chi connectivity index (χ2v) is 6.29. The second-order valence-electron chi connectivity index (χ2n) is 6.29. The molecular weight excluding hydrogens is 340 g/mol. The molecule has 0 bridgehead atoms. The maximum Gasteiger partial charge on any atom is 0.374 e. The van der Waals surface area contributed by atoms with E-state index < -0.39 is 11.9 Å². The van der Waals surface area contributed by atoms with Crippen molar-refractivity contribution >= 4 is 28.7 Å². The van der Waals surface area contributed by atoms with E-state index in [1.165, 1.54) is 0 Å². The molecule has 0 saturated heterocycles. The minimum Gasteiger partial charge on any atom is -0.480 e. The van der Waals surface area contributed by atoms with Crippen molar-refractivity contribution in [2.45, 2.75) is 37.9 Å². The van der Waals surface area contributed by atoms with Gasteiger partial charge in [-0.15, -0.1) is 0 Å². The number of nitrogen functional groups attached to an aromatic ring is 1. The molecular formula is C18H20N2O6. The minimum atomic E-state index is -0.989. The van der Waals surface area contributed by atoms with E-state index >= 15 is 0 Å². The Kier molecular flexibility index (Phi) is 5.22. The number of hydrogen-bond acceptors (Lipinski definition) is 6. The summed E-state index contributed by atoms with van der Waals surface area (Å²) in [6.45, 7) is -0.309. The number of carboxylic acid groups (broad SMARTS) is 1. The SMILES string of the molecule is N=C(N)c1ccc2oc(C(=O)OC3CCC(OCC(=O)O)CC3)cc2c1. The number of amidine groups is 1. The second kappa shape index (κ2) is 7.57. The Morgan fingerprint density at radius 3 is 2.54 bits per heavy atom. The first-order valence-corrected chi connectivity index (χ1v) is 8.34. The van der Waals surface area contributed by atoms with Gasteiger partial charge >= 0.3 is 11.9 Å². The summed E-state index contributed by atoms with van der Waals surface area (Å²) in [4.78, 5) is 22.8. The van der Waals surface area contributed by atoms with Crippen LogP contribution in [0, 0.1) is 5.41 Å². The van der Waals surface area contributed by atoms with Crippen LogP contribution in [0.4, 0.5) is 0 Å². The molecule has 0 radical (unpaired) electrons. The molecule has 0 aliphatic heterocycles. The number of fused-ring (bicyclic) bond motifs is 1. The van der Waals surface area contributed by atoms with E-state index in [4.69, 9.17) is 30.1 Å². The first-order chi connectivity index (χ1) is 12.4. The largest absolute Gasteiger partial charge is 0.480 e. The predicted octanol–water partition coefficient (Wildman–Crippen LogP) is 2.29. The maximum atomic E-state index is 12.3. The fraction of sp³-hybridized carbons (Fsp3) is 0.389. The molecule has 138 valence electrons. The zero-order chi connectivity index (χ0) is 18.7. The van der Waals surface area contributed by atoms with Gasteiger partial charge in [-0.2, -0.15) is 0 Å². The summed E-state index contributed by atoms with van der Waals surface area (Å²) in [7, 11) is 0. The third-order valence-electron chi connectivity index (χ3n) is 4.37. The number of nitrogens with two attached hydrogens (primary N) is 1. The fourth-order valence-corrected chi connectivity index (χ4v) is 3.03. The van der Waals surface area contributed by atoms with Crippen LogP contribution >= 0.6 is 0 Å². The van der Waals surface area contributed by atoms with Crippen LogP contribution in [0.5, 0.6) is 0 Å². The van der Waals surface area contributed by atoms with E-state index in [9.17, 15) is 9.59 Å². The van der Waals surface area contributed by atoms with E-state index in [2.05, 4.69) is 0 Å². The van der Waals surface area contributed by atoms with Gasteiger partial charge in [0, 0.05) is 10.9 Å². The van der Waals surface area contributed by atoms with Crippen LogP contribution in [0.15, 0.2) is 28.7 Å². The normalized spacial score (nSPS) is 20.0. The number of furan rings is 1. The molecule has 26 heavy (non-hydrogen) atoms. The van der Waals surface area contributed by atoms with E-state index in [-0.39, 0.29) is 30.4 Å². The summed E-state index contributed by atoms with van der Waals surface area (Å²) in [5, 5.41) is 16.8. The molecule has 0 atom stereocenters. The summed E-state index contributed by atoms with van der Waals surface area (Å²) in [5.41, 5.74) is 6.54. The number of carboxylic acids is 1. The lowest BCUT2D eigenvalue weighted by Crippen LogP contribution is -2.29. The van der Waals surface area contributed by atoms with Crippen molar-refractivity contribution in [3.8, 4) is 0 Å². The Hall–Kier alpha value is -2.87. The number of hydrogen-bond donors (Lipinski definition) is 3. The Balaban J connectivity index is 1.58. The molecule has 1 heterocycles. The van der Waals surface area contributed by atoms with Crippen molar-refractivity contribution in [2.75, 3.05) is 6.61 Å². The van der Waals surface area contributed by atoms with Crippen LogP contribution in [0.3, 0.4) is 0 Å². The molecule has 8 heteroatoms. The third kappa shape index (κ3) is 4.20. The zero-order valence-corrected chi connectivity index (χ0v) is 14.1. The molecule has 8 nitrogen and oxygen atoms in total. The molecule has 1 fully saturated rings. The van der Waals surface area contributed by atoms with Crippen LogP contribution < -0.4 is 5.73 Å². The van der Waals surface area contributed by atoms with E-state index in [1.54, 1.807) is 24.3 Å². The molecule has 1 saturated carbocycles. The number of carbonyl (C=O) groups is 2. The standard InChI is InChI=1S/C18H20N2O6/c19-17(20)10-1-6-14-11(7-10)8-15(26-14)18(23)25-13-4-2-12(3-5-13)24-9-16(21)22/h1,6-8,12-13H,2-5,9H2,(H3,19,20)(H,21,22). The van der Waals surface area contributed by atoms with Crippen molar-refractivity contribution in [1.82, 2.24) is 0 Å². The quantitative estimate of drug-likeness (QED) is 0.408. The van der Waals surface area contributed by atoms with Crippen molar-refractivity contribution in [3.05, 3.63) is 35.6 Å². The van der Waals surface area contributed by atoms with Gasteiger partial charge in [0.15, 0.2) is 0 Å². The van der Waals surface area contributed by atoms with Gasteiger partial charge in [0.1, 0.15) is 24.1 Å². The number of benzene rings is 1. The lowest BCUT2D eigenvalue weighted by Gasteiger charge is -2.27. The number of ether oxygens (including phenoxy) is 2. The van der Waals surface area contributed by atoms with Gasteiger partial charge in [-0.3, -0.25) is 5.41 Å². The van der Waals surface area contributed by atoms with Crippen molar-refractivity contribution in [3.63, 3.8) is 0 Å². The highest BCUT2D eigenvalue weighted by Crippen LogP contribution is 2.26. The topological polar surface area (TPSA) is 136 Å². The monoisotopic (exact) mass is 360 g/mol. The van der Waals surface area contributed by atoms with Gasteiger partial charge in [-0.25, -0.2) is 9.59 Å². The van der Waals surface area contributed by atoms with Gasteiger partial charge in [-0.05, 0) is 49.9 Å². The Labute approximate surface area is 149 Å². The lowest BCUT2D eigenvalue weighted by molar-refractivity contribution is -0.145. The Morgan fingerprint density at radius 2 is 1.88 bits per heavy atom. The summed E-state index contributed by atoms with van der Waals surface area (Å²) in [6, 6.07) is 6.57. The Bertz CT molecular complexity index is 835. The van der Waals surface area contributed by atoms with Crippen molar-refractivity contribution in [2.24, 2.45) is 5.73 Å². The molecule has 0 amide bonds. The highest BCUT2D eigenvalue weighted by Gasteiger charge is 2.26. The highest BCUT2D eigenvalue weighted by molar-refractivity contribution is 5.99. The molecule has 2 aromatic rings. The van der Waals surface area contributed by atoms with Crippen molar-refractivity contribution < 1.29 is 28.6 Å². The molecule has 1 aliphatic carbocycles. The third-order valence-corrected chi connectivity index (χ3v) is 4.37. The molecule has 1 aliphatic rings. The summed E-state index contributed by atoms with van der Waals surface area (Å²) >= 11 is 0. The zero-order valence-electron chi connectivity index (χ0n) is 14.1. The smallest absolute Gasteiger partial charge is 0.374 e. The Morgan fingerprint density at radius 1 is 1.19 bits per heavy atom. The van der Waals surface area contributed by atoms with Gasteiger partial charge in [0.05, 0.1) is 6.10 Å². The van der Waals surface area contributed by atoms with Gasteiger partial charge in [0.2, 0.25) is 5.76 Å². The van der Waals surface area contributed by atoms with Crippen LogP contribution in [-0.4, -0.2) is 41.7 Å². The average Bonchev–Trinajstić information content (AvgIpc) is 3.04. The number of aliphatic carboxylic acids is 1. The minimum absolute atomic E-state index is 0.0564. The molecule has 0 unspecified atom stereocenters. The van der Waals surface area contributed by atoms with Crippen molar-refractivity contribution in [1.29, 1.82) is 5.41 Å². The van der Waals surface area contributed by atoms with Gasteiger partial charge < -0.3 is 24.7 Å². The molecule has 4 N–H and O–H groups in total. The molecule has 3 rings (SSSR count). The van der Waals surface area contributed by atoms with Gasteiger partial charge in [0.25, 0.3) is 0 Å². The number of esters is 1. The summed E-state index contributed by atoms with van der Waals surface area (Å²) < 4.78 is 16.3. The van der Waals surface area contributed by atoms with E-state index in [0.717, 1.165) is 0 Å². The maximum absolute atomic E-state index is 12.3. The van der Waals surface area contributed by atoms with Gasteiger partial charge in [-0.1, -0.05) is 0 Å². The number of rotatable bonds is 6. The van der Waals surface area contributed by atoms with Crippen LogP contribution in [0.25, 0.3) is 11.0 Å². The summed E-state index contributed by atoms with van der Waals surface area (Å²) in [5.74, 6) is -1.49. The van der Waals surface area contributed by atoms with Crippen LogP contribution in [-0.2, 0) is 14.3 Å². The predicted molar refractivity (Wildman–Crippen MR) is 92.3 cm³/mol. The molecule has 1 aromatic carbocycles. The number of nitrogens with one attached hydrogen (secondary N) is 1. The van der Waals surface area contributed by atoms with Crippen LogP contribution in [0.1, 0.15) is 41.8 Å². The van der Waals surface area contributed by atoms with E-state index in [0.29, 0.717) is 42.2 Å². The van der Waals surface area contributed by atoms with E-state index in [1.807, 2.05) is 0 Å².